The first kappa shape index (κ1) is 24.0. The third-order valence-corrected chi connectivity index (χ3v) is 7.41. The van der Waals surface area contributed by atoms with E-state index in [4.69, 9.17) is 4.74 Å². The van der Waals surface area contributed by atoms with Gasteiger partial charge in [0, 0.05) is 53.5 Å². The highest BCUT2D eigenvalue weighted by Crippen LogP contribution is 2.49. The summed E-state index contributed by atoms with van der Waals surface area (Å²) in [6.45, 7) is 4.69. The second kappa shape index (κ2) is 10.1. The minimum atomic E-state index is -0.322. The van der Waals surface area contributed by atoms with Gasteiger partial charge in [-0.25, -0.2) is 0 Å². The summed E-state index contributed by atoms with van der Waals surface area (Å²) in [7, 11) is 0. The van der Waals surface area contributed by atoms with Crippen LogP contribution in [0.5, 0.6) is 5.75 Å². The smallest absolute Gasteiger partial charge is 0.262 e. The molecule has 1 aliphatic heterocycles. The number of hydrogen-bond donors (Lipinski definition) is 1. The van der Waals surface area contributed by atoms with Gasteiger partial charge in [-0.15, -0.1) is 0 Å². The molecule has 6 nitrogen and oxygen atoms in total. The quantitative estimate of drug-likeness (QED) is 0.590. The highest BCUT2D eigenvalue weighted by molar-refractivity contribution is 6.06. The van der Waals surface area contributed by atoms with Crippen molar-refractivity contribution in [2.45, 2.75) is 58.3 Å². The fourth-order valence-corrected chi connectivity index (χ4v) is 5.74. The number of allylic oxidation sites excluding steroid dienone is 4. The fourth-order valence-electron chi connectivity index (χ4n) is 5.74. The van der Waals surface area contributed by atoms with E-state index in [0.717, 1.165) is 71.6 Å². The van der Waals surface area contributed by atoms with Gasteiger partial charge in [0.1, 0.15) is 5.75 Å². The molecule has 0 saturated carbocycles. The Morgan fingerprint density at radius 3 is 2.11 bits per heavy atom. The molecule has 0 unspecified atom stereocenters. The van der Waals surface area contributed by atoms with Crippen molar-refractivity contribution in [2.24, 2.45) is 0 Å². The molecule has 0 atom stereocenters. The molecule has 0 bridgehead atoms. The van der Waals surface area contributed by atoms with E-state index < -0.39 is 0 Å². The Hall–Kier alpha value is -3.67. The summed E-state index contributed by atoms with van der Waals surface area (Å²) in [6.07, 6.45) is 4.51. The van der Waals surface area contributed by atoms with Crippen molar-refractivity contribution in [2.75, 3.05) is 18.5 Å². The lowest BCUT2D eigenvalue weighted by Crippen LogP contribution is -2.39. The normalized spacial score (nSPS) is 18.2. The van der Waals surface area contributed by atoms with Crippen LogP contribution in [0.2, 0.25) is 0 Å². The Balaban J connectivity index is 1.39. The van der Waals surface area contributed by atoms with Crippen LogP contribution >= 0.6 is 0 Å². The summed E-state index contributed by atoms with van der Waals surface area (Å²) in [4.78, 5) is 41.0. The van der Waals surface area contributed by atoms with Crippen molar-refractivity contribution in [1.29, 1.82) is 0 Å². The predicted molar refractivity (Wildman–Crippen MR) is 139 cm³/mol. The Kier molecular flexibility index (Phi) is 6.77. The Bertz CT molecular complexity index is 1230. The maximum Gasteiger partial charge on any atom is 0.262 e. The molecular weight excluding hydrogens is 452 g/mol. The number of aryl methyl sites for hydroxylation is 1. The van der Waals surface area contributed by atoms with Crippen molar-refractivity contribution >= 4 is 23.2 Å². The van der Waals surface area contributed by atoms with Crippen LogP contribution in [-0.2, 0) is 14.4 Å². The van der Waals surface area contributed by atoms with E-state index in [1.807, 2.05) is 55.5 Å². The first-order valence-corrected chi connectivity index (χ1v) is 12.9. The lowest BCUT2D eigenvalue weighted by Gasteiger charge is -2.43. The van der Waals surface area contributed by atoms with E-state index in [9.17, 15) is 14.4 Å². The predicted octanol–water partition coefficient (Wildman–Crippen LogP) is 5.45. The van der Waals surface area contributed by atoms with Gasteiger partial charge in [0.25, 0.3) is 5.91 Å². The lowest BCUT2D eigenvalue weighted by molar-refractivity contribution is -0.118. The standard InChI is InChI=1S/C30H32N2O4/c1-3-32-23-10-6-12-25(33)29(23)28(30-24(32)11-7-13-26(30)34)20-14-16-21(17-15-20)36-18-27(35)31-22-9-5-4-8-19(22)2/h4-5,8-9,14-17,28H,3,6-7,10-13,18H2,1-2H3,(H,31,35). The zero-order valence-electron chi connectivity index (χ0n) is 20.9. The minimum Gasteiger partial charge on any atom is -0.484 e. The van der Waals surface area contributed by atoms with Crippen LogP contribution in [-0.4, -0.2) is 35.5 Å². The maximum absolute atomic E-state index is 13.2. The summed E-state index contributed by atoms with van der Waals surface area (Å²) in [6, 6.07) is 15.1. The number of benzene rings is 2. The zero-order valence-corrected chi connectivity index (χ0v) is 20.9. The van der Waals surface area contributed by atoms with Crippen molar-refractivity contribution in [1.82, 2.24) is 4.90 Å². The third-order valence-electron chi connectivity index (χ3n) is 7.41. The van der Waals surface area contributed by atoms with Crippen molar-refractivity contribution in [3.05, 3.63) is 82.2 Å². The molecule has 0 saturated heterocycles. The Morgan fingerprint density at radius 2 is 1.53 bits per heavy atom. The molecule has 36 heavy (non-hydrogen) atoms. The maximum atomic E-state index is 13.2. The number of ketones is 2. The summed E-state index contributed by atoms with van der Waals surface area (Å²) in [5, 5.41) is 2.87. The molecule has 1 N–H and O–H groups in total. The van der Waals surface area contributed by atoms with Gasteiger partial charge in [-0.1, -0.05) is 30.3 Å². The van der Waals surface area contributed by atoms with Gasteiger partial charge in [-0.3, -0.25) is 14.4 Å². The Labute approximate surface area is 212 Å². The first-order valence-electron chi connectivity index (χ1n) is 12.9. The fraction of sp³-hybridized carbons (Fsp3) is 0.367. The molecule has 3 aliphatic rings. The first-order chi connectivity index (χ1) is 17.5. The topological polar surface area (TPSA) is 75.7 Å². The molecule has 2 aromatic rings. The molecular formula is C30H32N2O4. The summed E-state index contributed by atoms with van der Waals surface area (Å²) < 4.78 is 5.73. The SMILES string of the molecule is CCN1C2=C(C(=O)CCC2)C(c2ccc(OCC(=O)Nc3ccccc3C)cc2)C2=C1CCCC2=O. The number of carbonyl (C=O) groups excluding carboxylic acids is 3. The molecule has 0 aromatic heterocycles. The number of para-hydroxylation sites is 1. The number of anilines is 1. The van der Waals surface area contributed by atoms with Crippen LogP contribution in [0.1, 0.15) is 62.5 Å². The van der Waals surface area contributed by atoms with Gasteiger partial charge in [-0.05, 0) is 68.9 Å². The molecule has 1 heterocycles. The van der Waals surface area contributed by atoms with Crippen molar-refractivity contribution in [3.63, 3.8) is 0 Å². The van der Waals surface area contributed by atoms with Gasteiger partial charge in [0.05, 0.1) is 0 Å². The number of carbonyl (C=O) groups is 3. The number of Topliss-reactive ketones (excluding diaryl/α,β-unsaturated/α-hetero) is 2. The van der Waals surface area contributed by atoms with Crippen LogP contribution in [0.25, 0.3) is 0 Å². The van der Waals surface area contributed by atoms with E-state index >= 15 is 0 Å². The van der Waals surface area contributed by atoms with Crippen LogP contribution < -0.4 is 10.1 Å². The van der Waals surface area contributed by atoms with E-state index in [-0.39, 0.29) is 30.0 Å². The zero-order chi connectivity index (χ0) is 25.2. The molecule has 5 rings (SSSR count). The van der Waals surface area contributed by atoms with Gasteiger partial charge in [0.2, 0.25) is 0 Å². The number of nitrogens with zero attached hydrogens (tertiary/aromatic N) is 1. The lowest BCUT2D eigenvalue weighted by atomic mass is 9.71. The minimum absolute atomic E-state index is 0.107. The second-order valence-corrected chi connectivity index (χ2v) is 9.67. The number of ether oxygens (including phenoxy) is 1. The van der Waals surface area contributed by atoms with Gasteiger partial charge < -0.3 is 15.0 Å². The number of amides is 1. The van der Waals surface area contributed by atoms with Crippen molar-refractivity contribution < 1.29 is 19.1 Å². The largest absolute Gasteiger partial charge is 0.484 e. The van der Waals surface area contributed by atoms with E-state index in [1.54, 1.807) is 0 Å². The molecule has 186 valence electrons. The molecule has 1 amide bonds. The summed E-state index contributed by atoms with van der Waals surface area (Å²) in [5.74, 6) is 0.316. The van der Waals surface area contributed by atoms with Crippen LogP contribution in [0.4, 0.5) is 5.69 Å². The molecule has 6 heteroatoms. The van der Waals surface area contributed by atoms with Gasteiger partial charge in [-0.2, -0.15) is 0 Å². The number of nitrogens with one attached hydrogen (secondary N) is 1. The second-order valence-electron chi connectivity index (χ2n) is 9.67. The van der Waals surface area contributed by atoms with E-state index in [0.29, 0.717) is 18.6 Å². The molecule has 2 aromatic carbocycles. The molecule has 0 radical (unpaired) electrons. The average molecular weight is 485 g/mol. The highest BCUT2D eigenvalue weighted by atomic mass is 16.5. The van der Waals surface area contributed by atoms with Gasteiger partial charge >= 0.3 is 0 Å². The molecule has 0 spiro atoms. The monoisotopic (exact) mass is 484 g/mol. The number of hydrogen-bond acceptors (Lipinski definition) is 5. The van der Waals surface area contributed by atoms with Crippen LogP contribution in [0.15, 0.2) is 71.1 Å². The number of rotatable bonds is 6. The van der Waals surface area contributed by atoms with E-state index in [2.05, 4.69) is 17.1 Å². The van der Waals surface area contributed by atoms with Crippen LogP contribution in [0.3, 0.4) is 0 Å². The van der Waals surface area contributed by atoms with Crippen LogP contribution in [0, 0.1) is 6.92 Å². The van der Waals surface area contributed by atoms with Crippen molar-refractivity contribution in [3.8, 4) is 5.75 Å². The van der Waals surface area contributed by atoms with E-state index in [1.165, 1.54) is 0 Å². The highest BCUT2D eigenvalue weighted by Gasteiger charge is 2.42. The Morgan fingerprint density at radius 1 is 0.917 bits per heavy atom. The van der Waals surface area contributed by atoms with Gasteiger partial charge in [0.15, 0.2) is 18.2 Å². The average Bonchev–Trinajstić information content (AvgIpc) is 2.88. The summed E-state index contributed by atoms with van der Waals surface area (Å²) >= 11 is 0. The molecule has 2 aliphatic carbocycles. The molecule has 0 fully saturated rings. The summed E-state index contributed by atoms with van der Waals surface area (Å²) in [5.41, 5.74) is 6.46. The third kappa shape index (κ3) is 4.48.